The second-order valence-electron chi connectivity index (χ2n) is 6.46. The number of para-hydroxylation sites is 1. The zero-order valence-corrected chi connectivity index (χ0v) is 15.3. The molecule has 0 saturated heterocycles. The van der Waals surface area contributed by atoms with Crippen LogP contribution in [0.4, 0.5) is 5.69 Å². The van der Waals surface area contributed by atoms with Crippen molar-refractivity contribution >= 4 is 28.8 Å². The Bertz CT molecular complexity index is 705. The van der Waals surface area contributed by atoms with Gasteiger partial charge in [-0.25, -0.2) is 4.98 Å². The minimum Gasteiger partial charge on any atom is -0.342 e. The summed E-state index contributed by atoms with van der Waals surface area (Å²) in [6.07, 6.45) is 0. The molecule has 6 heteroatoms. The third kappa shape index (κ3) is 4.41. The molecule has 2 aromatic rings. The summed E-state index contributed by atoms with van der Waals surface area (Å²) in [5, 5.41) is 5.59. The van der Waals surface area contributed by atoms with Crippen molar-refractivity contribution in [2.45, 2.75) is 39.7 Å². The van der Waals surface area contributed by atoms with E-state index in [4.69, 9.17) is 0 Å². The molecular weight excluding hydrogens is 322 g/mol. The monoisotopic (exact) mass is 345 g/mol. The van der Waals surface area contributed by atoms with E-state index in [-0.39, 0.29) is 12.0 Å². The van der Waals surface area contributed by atoms with E-state index >= 15 is 0 Å². The highest BCUT2D eigenvalue weighted by atomic mass is 32.1. The fraction of sp³-hybridized carbons (Fsp3) is 0.389. The van der Waals surface area contributed by atoms with Gasteiger partial charge in [0.1, 0.15) is 0 Å². The lowest BCUT2D eigenvalue weighted by Crippen LogP contribution is -2.42. The normalized spacial score (nSPS) is 11.2. The third-order valence-corrected chi connectivity index (χ3v) is 4.76. The maximum absolute atomic E-state index is 12.4. The molecule has 24 heavy (non-hydrogen) atoms. The largest absolute Gasteiger partial charge is 0.342 e. The van der Waals surface area contributed by atoms with Gasteiger partial charge >= 0.3 is 11.8 Å². The maximum atomic E-state index is 12.4. The predicted molar refractivity (Wildman–Crippen MR) is 97.1 cm³/mol. The van der Waals surface area contributed by atoms with E-state index in [9.17, 15) is 9.59 Å². The molecule has 5 nitrogen and oxygen atoms in total. The second-order valence-corrected chi connectivity index (χ2v) is 7.32. The molecule has 0 unspecified atom stereocenters. The molecule has 1 N–H and O–H groups in total. The highest BCUT2D eigenvalue weighted by Crippen LogP contribution is 2.25. The van der Waals surface area contributed by atoms with Gasteiger partial charge in [0.15, 0.2) is 0 Å². The van der Waals surface area contributed by atoms with Crippen LogP contribution in [-0.4, -0.2) is 23.3 Å². The number of nitrogens with zero attached hydrogens (tertiary/aromatic N) is 2. The Labute approximate surface area is 146 Å². The van der Waals surface area contributed by atoms with Crippen molar-refractivity contribution in [3.63, 3.8) is 0 Å². The van der Waals surface area contributed by atoms with Crippen molar-refractivity contribution in [2.24, 2.45) is 0 Å². The lowest BCUT2D eigenvalue weighted by molar-refractivity contribution is -0.137. The first kappa shape index (κ1) is 18.1. The van der Waals surface area contributed by atoms with Gasteiger partial charge in [-0.1, -0.05) is 39.0 Å². The summed E-state index contributed by atoms with van der Waals surface area (Å²) >= 11 is 1.57. The quantitative estimate of drug-likeness (QED) is 0.866. The van der Waals surface area contributed by atoms with Gasteiger partial charge in [-0.15, -0.1) is 11.3 Å². The minimum atomic E-state index is -0.619. The van der Waals surface area contributed by atoms with Crippen LogP contribution in [0.5, 0.6) is 0 Å². The number of rotatable bonds is 4. The Morgan fingerprint density at radius 2 is 1.88 bits per heavy atom. The van der Waals surface area contributed by atoms with Gasteiger partial charge in [0.2, 0.25) is 0 Å². The molecule has 2 rings (SSSR count). The van der Waals surface area contributed by atoms with Gasteiger partial charge in [-0.05, 0) is 19.1 Å². The zero-order valence-electron chi connectivity index (χ0n) is 14.5. The first-order chi connectivity index (χ1) is 11.3. The summed E-state index contributed by atoms with van der Waals surface area (Å²) in [5.74, 6) is -1.18. The molecule has 0 spiro atoms. The van der Waals surface area contributed by atoms with E-state index in [1.807, 2.05) is 42.6 Å². The molecule has 0 aliphatic rings. The van der Waals surface area contributed by atoms with Crippen molar-refractivity contribution in [3.05, 3.63) is 46.4 Å². The number of thiazole rings is 1. The van der Waals surface area contributed by atoms with Gasteiger partial charge in [0, 0.05) is 23.0 Å². The van der Waals surface area contributed by atoms with Crippen LogP contribution in [0.2, 0.25) is 0 Å². The van der Waals surface area contributed by atoms with Crippen LogP contribution in [-0.2, 0) is 21.5 Å². The second kappa shape index (κ2) is 7.57. The van der Waals surface area contributed by atoms with Crippen LogP contribution in [0.15, 0.2) is 35.7 Å². The lowest BCUT2D eigenvalue weighted by Gasteiger charge is -2.20. The molecule has 0 aliphatic heterocycles. The molecule has 0 aliphatic carbocycles. The minimum absolute atomic E-state index is 0.0188. The first-order valence-corrected chi connectivity index (χ1v) is 8.80. The number of benzene rings is 1. The number of carbonyl (C=O) groups excluding carboxylic acids is 2. The topological polar surface area (TPSA) is 62.3 Å². The molecule has 0 saturated carbocycles. The molecule has 1 aromatic heterocycles. The smallest absolute Gasteiger partial charge is 0.316 e. The zero-order chi connectivity index (χ0) is 17.7. The van der Waals surface area contributed by atoms with Crippen molar-refractivity contribution < 1.29 is 9.59 Å². The van der Waals surface area contributed by atoms with E-state index in [0.717, 1.165) is 10.7 Å². The summed E-state index contributed by atoms with van der Waals surface area (Å²) in [6.45, 7) is 8.81. The predicted octanol–water partition coefficient (Wildman–Crippen LogP) is 3.11. The number of anilines is 1. The fourth-order valence-electron chi connectivity index (χ4n) is 2.15. The number of nitrogens with one attached hydrogen (secondary N) is 1. The fourth-order valence-corrected chi connectivity index (χ4v) is 3.06. The van der Waals surface area contributed by atoms with E-state index in [1.54, 1.807) is 11.3 Å². The summed E-state index contributed by atoms with van der Waals surface area (Å²) in [4.78, 5) is 30.5. The summed E-state index contributed by atoms with van der Waals surface area (Å²) in [6, 6.07) is 9.17. The third-order valence-electron chi connectivity index (χ3n) is 3.45. The van der Waals surface area contributed by atoms with E-state index in [1.165, 1.54) is 4.90 Å². The Balaban J connectivity index is 1.99. The molecule has 0 bridgehead atoms. The van der Waals surface area contributed by atoms with Crippen LogP contribution in [0.1, 0.15) is 38.4 Å². The van der Waals surface area contributed by atoms with E-state index in [2.05, 4.69) is 31.1 Å². The standard InChI is InChI=1S/C18H23N3O2S/c1-5-21(14-9-7-6-8-10-14)16(23)15(22)19-11-13-12-24-17(20-13)18(2,3)4/h6-10,12H,5,11H2,1-4H3,(H,19,22). The number of hydrogen-bond acceptors (Lipinski definition) is 4. The summed E-state index contributed by atoms with van der Waals surface area (Å²) < 4.78 is 0. The van der Waals surface area contributed by atoms with Gasteiger partial charge in [0.25, 0.3) is 0 Å². The lowest BCUT2D eigenvalue weighted by atomic mass is 9.98. The van der Waals surface area contributed by atoms with Crippen LogP contribution in [0, 0.1) is 0 Å². The first-order valence-electron chi connectivity index (χ1n) is 7.92. The van der Waals surface area contributed by atoms with Gasteiger partial charge in [-0.3, -0.25) is 9.59 Å². The number of likely N-dealkylation sites (N-methyl/N-ethyl adjacent to an activating group) is 1. The van der Waals surface area contributed by atoms with Crippen LogP contribution >= 0.6 is 11.3 Å². The van der Waals surface area contributed by atoms with Crippen molar-refractivity contribution in [1.82, 2.24) is 10.3 Å². The Morgan fingerprint density at radius 1 is 1.21 bits per heavy atom. The summed E-state index contributed by atoms with van der Waals surface area (Å²) in [7, 11) is 0. The molecule has 0 radical (unpaired) electrons. The maximum Gasteiger partial charge on any atom is 0.316 e. The van der Waals surface area contributed by atoms with Crippen LogP contribution in [0.25, 0.3) is 0 Å². The summed E-state index contributed by atoms with van der Waals surface area (Å²) in [5.41, 5.74) is 1.47. The Hall–Kier alpha value is -2.21. The Morgan fingerprint density at radius 3 is 2.42 bits per heavy atom. The molecule has 0 fully saturated rings. The molecule has 1 heterocycles. The average Bonchev–Trinajstić information content (AvgIpc) is 3.03. The Kier molecular flexibility index (Phi) is 5.72. The molecule has 1 aromatic carbocycles. The number of carbonyl (C=O) groups is 2. The number of aromatic nitrogens is 1. The average molecular weight is 345 g/mol. The van der Waals surface area contributed by atoms with Crippen molar-refractivity contribution in [2.75, 3.05) is 11.4 Å². The van der Waals surface area contributed by atoms with Crippen LogP contribution < -0.4 is 10.2 Å². The number of amides is 2. The molecule has 0 atom stereocenters. The highest BCUT2D eigenvalue weighted by Gasteiger charge is 2.22. The van der Waals surface area contributed by atoms with E-state index in [0.29, 0.717) is 12.2 Å². The van der Waals surface area contributed by atoms with Crippen molar-refractivity contribution in [3.8, 4) is 0 Å². The van der Waals surface area contributed by atoms with Gasteiger partial charge in [0.05, 0.1) is 17.2 Å². The molecular formula is C18H23N3O2S. The SMILES string of the molecule is CCN(C(=O)C(=O)NCc1csc(C(C)(C)C)n1)c1ccccc1. The molecule has 2 amide bonds. The highest BCUT2D eigenvalue weighted by molar-refractivity contribution is 7.09. The van der Waals surface area contributed by atoms with Crippen molar-refractivity contribution in [1.29, 1.82) is 0 Å². The number of hydrogen-bond donors (Lipinski definition) is 1. The molecule has 128 valence electrons. The van der Waals surface area contributed by atoms with Gasteiger partial charge in [-0.2, -0.15) is 0 Å². The van der Waals surface area contributed by atoms with Gasteiger partial charge < -0.3 is 10.2 Å². The van der Waals surface area contributed by atoms with Crippen LogP contribution in [0.3, 0.4) is 0 Å². The van der Waals surface area contributed by atoms with E-state index < -0.39 is 11.8 Å².